The lowest BCUT2D eigenvalue weighted by Gasteiger charge is -2.35. The standard InChI is InChI=1S/C19H36N2O3/c1-14(2)6-8-21(9-7-15(3)4)18(22)13-20-11-16(5)10-17(12-20)19(23)24/h14-17H,6-13H2,1-5H3,(H,23,24). The quantitative estimate of drug-likeness (QED) is 0.701. The summed E-state index contributed by atoms with van der Waals surface area (Å²) in [5, 5.41) is 9.29. The van der Waals surface area contributed by atoms with Crippen molar-refractivity contribution in [2.75, 3.05) is 32.7 Å². The number of nitrogens with zero attached hydrogens (tertiary/aromatic N) is 2. The van der Waals surface area contributed by atoms with Crippen LogP contribution in [0.2, 0.25) is 0 Å². The molecule has 0 aliphatic carbocycles. The molecule has 2 atom stereocenters. The Morgan fingerprint density at radius 3 is 2.08 bits per heavy atom. The number of carbonyl (C=O) groups is 2. The molecule has 0 spiro atoms. The average molecular weight is 341 g/mol. The van der Waals surface area contributed by atoms with E-state index in [-0.39, 0.29) is 11.8 Å². The summed E-state index contributed by atoms with van der Waals surface area (Å²) in [6.07, 6.45) is 2.74. The van der Waals surface area contributed by atoms with Crippen molar-refractivity contribution in [3.63, 3.8) is 0 Å². The van der Waals surface area contributed by atoms with E-state index in [4.69, 9.17) is 0 Å². The lowest BCUT2D eigenvalue weighted by molar-refractivity contribution is -0.145. The van der Waals surface area contributed by atoms with Gasteiger partial charge in [-0.05, 0) is 37.0 Å². The Morgan fingerprint density at radius 1 is 1.08 bits per heavy atom. The molecule has 1 amide bonds. The monoisotopic (exact) mass is 340 g/mol. The van der Waals surface area contributed by atoms with Crippen LogP contribution in [0, 0.1) is 23.7 Å². The van der Waals surface area contributed by atoms with Crippen LogP contribution in [0.15, 0.2) is 0 Å². The molecule has 1 heterocycles. The lowest BCUT2D eigenvalue weighted by atomic mass is 9.90. The molecule has 0 aromatic heterocycles. The summed E-state index contributed by atoms with van der Waals surface area (Å²) in [4.78, 5) is 28.1. The number of piperidine rings is 1. The number of aliphatic carboxylic acids is 1. The number of carboxylic acids is 1. The molecular weight excluding hydrogens is 304 g/mol. The van der Waals surface area contributed by atoms with Crippen molar-refractivity contribution >= 4 is 11.9 Å². The highest BCUT2D eigenvalue weighted by molar-refractivity contribution is 5.78. The third-order valence-corrected chi connectivity index (χ3v) is 4.75. The summed E-state index contributed by atoms with van der Waals surface area (Å²) in [6.45, 7) is 14.0. The van der Waals surface area contributed by atoms with E-state index >= 15 is 0 Å². The molecule has 140 valence electrons. The van der Waals surface area contributed by atoms with Crippen molar-refractivity contribution in [3.05, 3.63) is 0 Å². The zero-order chi connectivity index (χ0) is 18.3. The molecule has 1 fully saturated rings. The zero-order valence-electron chi connectivity index (χ0n) is 16.1. The van der Waals surface area contributed by atoms with Gasteiger partial charge in [0.15, 0.2) is 0 Å². The second-order valence-electron chi connectivity index (χ2n) is 8.32. The molecule has 24 heavy (non-hydrogen) atoms. The van der Waals surface area contributed by atoms with Gasteiger partial charge in [-0.25, -0.2) is 0 Å². The van der Waals surface area contributed by atoms with Gasteiger partial charge >= 0.3 is 5.97 Å². The van der Waals surface area contributed by atoms with Gasteiger partial charge in [-0.2, -0.15) is 0 Å². The normalized spacial score (nSPS) is 22.1. The summed E-state index contributed by atoms with van der Waals surface area (Å²) in [5.41, 5.74) is 0. The fourth-order valence-corrected chi connectivity index (χ4v) is 3.25. The third kappa shape index (κ3) is 7.65. The maximum Gasteiger partial charge on any atom is 0.307 e. The number of carboxylic acid groups (broad SMARTS) is 1. The SMILES string of the molecule is CC(C)CCN(CCC(C)C)C(=O)CN1CC(C)CC(C(=O)O)C1. The maximum absolute atomic E-state index is 12.8. The Morgan fingerprint density at radius 2 is 1.62 bits per heavy atom. The Labute approximate surface area is 147 Å². The number of carbonyl (C=O) groups excluding carboxylic acids is 1. The minimum absolute atomic E-state index is 0.148. The molecule has 5 nitrogen and oxygen atoms in total. The Kier molecular flexibility index (Phi) is 8.74. The molecule has 0 aromatic rings. The maximum atomic E-state index is 12.8. The zero-order valence-corrected chi connectivity index (χ0v) is 16.1. The molecule has 1 rings (SSSR count). The van der Waals surface area contributed by atoms with Crippen LogP contribution in [-0.4, -0.2) is 59.5 Å². The van der Waals surface area contributed by atoms with Crippen LogP contribution < -0.4 is 0 Å². The number of likely N-dealkylation sites (tertiary alicyclic amines) is 1. The van der Waals surface area contributed by atoms with Gasteiger partial charge in [0.1, 0.15) is 0 Å². The molecule has 1 aliphatic rings. The van der Waals surface area contributed by atoms with Gasteiger partial charge in [-0.1, -0.05) is 34.6 Å². The van der Waals surface area contributed by atoms with Crippen LogP contribution in [0.4, 0.5) is 0 Å². The van der Waals surface area contributed by atoms with E-state index in [2.05, 4.69) is 34.6 Å². The van der Waals surface area contributed by atoms with E-state index in [1.165, 1.54) is 0 Å². The highest BCUT2D eigenvalue weighted by Gasteiger charge is 2.31. The van der Waals surface area contributed by atoms with Crippen molar-refractivity contribution in [2.24, 2.45) is 23.7 Å². The molecule has 5 heteroatoms. The minimum atomic E-state index is -0.740. The van der Waals surface area contributed by atoms with Crippen molar-refractivity contribution in [1.29, 1.82) is 0 Å². The van der Waals surface area contributed by atoms with Crippen molar-refractivity contribution in [2.45, 2.75) is 53.9 Å². The van der Waals surface area contributed by atoms with E-state index in [9.17, 15) is 14.7 Å². The minimum Gasteiger partial charge on any atom is -0.481 e. The van der Waals surface area contributed by atoms with Gasteiger partial charge in [0.25, 0.3) is 0 Å². The molecule has 1 N–H and O–H groups in total. The second kappa shape index (κ2) is 10.0. The van der Waals surface area contributed by atoms with Crippen LogP contribution in [0.3, 0.4) is 0 Å². The van der Waals surface area contributed by atoms with Crippen molar-refractivity contribution in [3.8, 4) is 0 Å². The smallest absolute Gasteiger partial charge is 0.307 e. The Bertz CT molecular complexity index is 397. The third-order valence-electron chi connectivity index (χ3n) is 4.75. The Hall–Kier alpha value is -1.10. The molecule has 0 radical (unpaired) electrons. The molecule has 1 aliphatic heterocycles. The van der Waals surface area contributed by atoms with Gasteiger partial charge in [-0.15, -0.1) is 0 Å². The van der Waals surface area contributed by atoms with Crippen molar-refractivity contribution in [1.82, 2.24) is 9.80 Å². The van der Waals surface area contributed by atoms with Crippen LogP contribution in [0.25, 0.3) is 0 Å². The van der Waals surface area contributed by atoms with Gasteiger partial charge < -0.3 is 10.0 Å². The lowest BCUT2D eigenvalue weighted by Crippen LogP contribution is -2.48. The molecule has 0 bridgehead atoms. The highest BCUT2D eigenvalue weighted by atomic mass is 16.4. The van der Waals surface area contributed by atoms with E-state index in [1.54, 1.807) is 0 Å². The van der Waals surface area contributed by atoms with Gasteiger partial charge in [0.2, 0.25) is 5.91 Å². The number of rotatable bonds is 9. The largest absolute Gasteiger partial charge is 0.481 e. The van der Waals surface area contributed by atoms with Crippen LogP contribution in [-0.2, 0) is 9.59 Å². The summed E-state index contributed by atoms with van der Waals surface area (Å²) in [7, 11) is 0. The first-order valence-electron chi connectivity index (χ1n) is 9.42. The Balaban J connectivity index is 2.62. The predicted octanol–water partition coefficient (Wildman–Crippen LogP) is 2.95. The van der Waals surface area contributed by atoms with Gasteiger partial charge in [0.05, 0.1) is 12.5 Å². The van der Waals surface area contributed by atoms with Crippen LogP contribution >= 0.6 is 0 Å². The molecule has 2 unspecified atom stereocenters. The van der Waals surface area contributed by atoms with E-state index in [0.717, 1.165) is 32.5 Å². The average Bonchev–Trinajstić information content (AvgIpc) is 2.45. The van der Waals surface area contributed by atoms with E-state index in [0.29, 0.717) is 37.3 Å². The fraction of sp³-hybridized carbons (Fsp3) is 0.895. The first-order valence-corrected chi connectivity index (χ1v) is 9.42. The number of hydrogen-bond acceptors (Lipinski definition) is 3. The summed E-state index contributed by atoms with van der Waals surface area (Å²) < 4.78 is 0. The van der Waals surface area contributed by atoms with E-state index in [1.807, 2.05) is 9.80 Å². The fourth-order valence-electron chi connectivity index (χ4n) is 3.25. The first-order chi connectivity index (χ1) is 11.2. The van der Waals surface area contributed by atoms with E-state index < -0.39 is 5.97 Å². The molecule has 0 saturated carbocycles. The van der Waals surface area contributed by atoms with Crippen LogP contribution in [0.5, 0.6) is 0 Å². The number of amides is 1. The summed E-state index contributed by atoms with van der Waals surface area (Å²) in [5.74, 6) is 0.537. The second-order valence-corrected chi connectivity index (χ2v) is 8.32. The van der Waals surface area contributed by atoms with Gasteiger partial charge in [-0.3, -0.25) is 14.5 Å². The van der Waals surface area contributed by atoms with Crippen LogP contribution in [0.1, 0.15) is 53.9 Å². The first kappa shape index (κ1) is 20.9. The highest BCUT2D eigenvalue weighted by Crippen LogP contribution is 2.22. The number of hydrogen-bond donors (Lipinski definition) is 1. The molecule has 0 aromatic carbocycles. The predicted molar refractivity (Wildman–Crippen MR) is 96.8 cm³/mol. The van der Waals surface area contributed by atoms with Gasteiger partial charge in [0, 0.05) is 26.2 Å². The summed E-state index contributed by atoms with van der Waals surface area (Å²) in [6, 6.07) is 0. The molecular formula is C19H36N2O3. The summed E-state index contributed by atoms with van der Waals surface area (Å²) >= 11 is 0. The van der Waals surface area contributed by atoms with Crippen molar-refractivity contribution < 1.29 is 14.7 Å². The topological polar surface area (TPSA) is 60.9 Å². The molecule has 1 saturated heterocycles.